The minimum Gasteiger partial charge on any atom is -0.496 e. The summed E-state index contributed by atoms with van der Waals surface area (Å²) in [4.78, 5) is 29.2. The van der Waals surface area contributed by atoms with Gasteiger partial charge in [-0.25, -0.2) is 0 Å². The van der Waals surface area contributed by atoms with Crippen LogP contribution in [0.1, 0.15) is 39.2 Å². The number of hydrogen-bond donors (Lipinski definition) is 1. The molecule has 1 aromatic rings. The number of rotatable bonds is 8. The number of piperazine rings is 1. The van der Waals surface area contributed by atoms with E-state index in [1.54, 1.807) is 21.3 Å². The van der Waals surface area contributed by atoms with Crippen molar-refractivity contribution in [1.29, 1.82) is 0 Å². The van der Waals surface area contributed by atoms with Crippen molar-refractivity contribution >= 4 is 11.8 Å². The topological polar surface area (TPSA) is 80.3 Å². The molecule has 8 nitrogen and oxygen atoms in total. The summed E-state index contributed by atoms with van der Waals surface area (Å²) < 4.78 is 16.5. The van der Waals surface area contributed by atoms with Gasteiger partial charge >= 0.3 is 0 Å². The third-order valence-electron chi connectivity index (χ3n) is 6.13. The number of benzene rings is 1. The first-order valence-electron chi connectivity index (χ1n) is 10.9. The Labute approximate surface area is 184 Å². The molecule has 1 aromatic carbocycles. The van der Waals surface area contributed by atoms with Crippen LogP contribution in [0.4, 0.5) is 0 Å². The summed E-state index contributed by atoms with van der Waals surface area (Å²) in [6, 6.07) is 3.66. The van der Waals surface area contributed by atoms with Crippen molar-refractivity contribution in [3.63, 3.8) is 0 Å². The van der Waals surface area contributed by atoms with Gasteiger partial charge in [0.1, 0.15) is 5.75 Å². The Hall–Kier alpha value is -2.48. The van der Waals surface area contributed by atoms with E-state index in [4.69, 9.17) is 14.2 Å². The van der Waals surface area contributed by atoms with Gasteiger partial charge in [-0.05, 0) is 24.8 Å². The zero-order chi connectivity index (χ0) is 22.7. The van der Waals surface area contributed by atoms with E-state index in [1.165, 1.54) is 6.92 Å². The molecule has 0 spiro atoms. The fourth-order valence-corrected chi connectivity index (χ4v) is 4.80. The van der Waals surface area contributed by atoms with Crippen molar-refractivity contribution in [3.8, 4) is 17.2 Å². The molecule has 0 aromatic heterocycles. The van der Waals surface area contributed by atoms with Crippen molar-refractivity contribution in [2.75, 3.05) is 34.4 Å². The van der Waals surface area contributed by atoms with Crippen LogP contribution in [0, 0.1) is 5.92 Å². The smallest absolute Gasteiger partial charge is 0.240 e. The fourth-order valence-electron chi connectivity index (χ4n) is 4.80. The molecule has 8 heteroatoms. The number of amides is 2. The van der Waals surface area contributed by atoms with Crippen molar-refractivity contribution < 1.29 is 23.8 Å². The highest BCUT2D eigenvalue weighted by molar-refractivity contribution is 5.84. The average Bonchev–Trinajstić information content (AvgIpc) is 3.12. The Kier molecular flexibility index (Phi) is 7.30. The minimum atomic E-state index is -0.204. The highest BCUT2D eigenvalue weighted by Gasteiger charge is 2.45. The maximum absolute atomic E-state index is 13.4. The lowest BCUT2D eigenvalue weighted by Crippen LogP contribution is -2.59. The molecule has 3 atom stereocenters. The van der Waals surface area contributed by atoms with Gasteiger partial charge in [0.15, 0.2) is 11.5 Å². The Morgan fingerprint density at radius 1 is 1.10 bits per heavy atom. The Morgan fingerprint density at radius 3 is 2.32 bits per heavy atom. The normalized spacial score (nSPS) is 23.6. The Morgan fingerprint density at radius 2 is 1.74 bits per heavy atom. The fraction of sp³-hybridized carbons (Fsp3) is 0.652. The summed E-state index contributed by atoms with van der Waals surface area (Å²) >= 11 is 0. The van der Waals surface area contributed by atoms with Crippen LogP contribution in [-0.4, -0.2) is 74.2 Å². The maximum Gasteiger partial charge on any atom is 0.240 e. The average molecular weight is 434 g/mol. The van der Waals surface area contributed by atoms with Crippen LogP contribution in [0.3, 0.4) is 0 Å². The van der Waals surface area contributed by atoms with E-state index in [0.717, 1.165) is 24.9 Å². The quantitative estimate of drug-likeness (QED) is 0.676. The largest absolute Gasteiger partial charge is 0.496 e. The first-order chi connectivity index (χ1) is 14.8. The van der Waals surface area contributed by atoms with Crippen molar-refractivity contribution in [3.05, 3.63) is 17.7 Å². The zero-order valence-corrected chi connectivity index (χ0v) is 19.4. The number of nitrogens with one attached hydrogen (secondary N) is 1. The van der Waals surface area contributed by atoms with E-state index in [9.17, 15) is 9.59 Å². The molecule has 2 amide bonds. The highest BCUT2D eigenvalue weighted by atomic mass is 16.5. The second-order valence-corrected chi connectivity index (χ2v) is 8.87. The lowest BCUT2D eigenvalue weighted by Gasteiger charge is -2.43. The standard InChI is InChI=1S/C23H35N3O5/c1-14(2)7-19-23(28)26-12-17(24-15(3)27)9-18(26)13-25(19)11-16-8-21(30-5)22(31-6)10-20(16)29-4/h8,10,14,17-19H,7,9,11-13H2,1-6H3,(H,24,27). The first kappa shape index (κ1) is 23.2. The first-order valence-corrected chi connectivity index (χ1v) is 10.9. The number of hydrogen-bond acceptors (Lipinski definition) is 6. The third kappa shape index (κ3) is 5.06. The predicted octanol–water partition coefficient (Wildman–Crippen LogP) is 2.05. The van der Waals surface area contributed by atoms with Crippen LogP contribution in [0.5, 0.6) is 17.2 Å². The molecular formula is C23H35N3O5. The third-order valence-corrected chi connectivity index (χ3v) is 6.13. The SMILES string of the molecule is COc1cc(OC)c(OC)cc1CN1CC2CC(NC(C)=O)CN2C(=O)C1CC(C)C. The summed E-state index contributed by atoms with van der Waals surface area (Å²) in [5.74, 6) is 2.43. The van der Waals surface area contributed by atoms with Gasteiger partial charge in [0, 0.05) is 50.3 Å². The molecule has 2 heterocycles. The van der Waals surface area contributed by atoms with Crippen LogP contribution >= 0.6 is 0 Å². The summed E-state index contributed by atoms with van der Waals surface area (Å²) in [7, 11) is 4.84. The molecule has 2 aliphatic heterocycles. The number of fused-ring (bicyclic) bond motifs is 1. The van der Waals surface area contributed by atoms with Crippen LogP contribution in [-0.2, 0) is 16.1 Å². The van der Waals surface area contributed by atoms with E-state index in [1.807, 2.05) is 17.0 Å². The number of carbonyl (C=O) groups excluding carboxylic acids is 2. The van der Waals surface area contributed by atoms with Crippen LogP contribution in [0.25, 0.3) is 0 Å². The highest BCUT2D eigenvalue weighted by Crippen LogP contribution is 2.37. The molecule has 2 saturated heterocycles. The van der Waals surface area contributed by atoms with Gasteiger partial charge in [-0.15, -0.1) is 0 Å². The lowest BCUT2D eigenvalue weighted by atomic mass is 9.96. The second kappa shape index (κ2) is 9.77. The summed E-state index contributed by atoms with van der Waals surface area (Å²) in [5, 5.41) is 2.98. The van der Waals surface area contributed by atoms with Gasteiger partial charge in [0.2, 0.25) is 11.8 Å². The van der Waals surface area contributed by atoms with Crippen LogP contribution in [0.2, 0.25) is 0 Å². The van der Waals surface area contributed by atoms with Gasteiger partial charge in [-0.2, -0.15) is 0 Å². The van der Waals surface area contributed by atoms with E-state index in [0.29, 0.717) is 36.3 Å². The molecule has 2 aliphatic rings. The molecule has 172 valence electrons. The molecular weight excluding hydrogens is 398 g/mol. The molecule has 3 rings (SSSR count). The molecule has 0 bridgehead atoms. The summed E-state index contributed by atoms with van der Waals surface area (Å²) in [6.07, 6.45) is 1.56. The van der Waals surface area contributed by atoms with Crippen molar-refractivity contribution in [2.45, 2.75) is 58.3 Å². The minimum absolute atomic E-state index is 0.0155. The molecule has 0 saturated carbocycles. The molecule has 0 aliphatic carbocycles. The van der Waals surface area contributed by atoms with E-state index < -0.39 is 0 Å². The predicted molar refractivity (Wildman–Crippen MR) is 117 cm³/mol. The number of methoxy groups -OCH3 is 3. The van der Waals surface area contributed by atoms with Crippen molar-refractivity contribution in [2.24, 2.45) is 5.92 Å². The molecule has 2 fully saturated rings. The Bertz CT molecular complexity index is 813. The number of carbonyl (C=O) groups is 2. The van der Waals surface area contributed by atoms with Gasteiger partial charge in [-0.1, -0.05) is 13.8 Å². The van der Waals surface area contributed by atoms with E-state index in [2.05, 4.69) is 24.1 Å². The van der Waals surface area contributed by atoms with Gasteiger partial charge in [-0.3, -0.25) is 14.5 Å². The Balaban J connectivity index is 1.88. The van der Waals surface area contributed by atoms with Crippen molar-refractivity contribution in [1.82, 2.24) is 15.1 Å². The second-order valence-electron chi connectivity index (χ2n) is 8.87. The van der Waals surface area contributed by atoms with Gasteiger partial charge in [0.25, 0.3) is 0 Å². The molecule has 31 heavy (non-hydrogen) atoms. The van der Waals surface area contributed by atoms with E-state index >= 15 is 0 Å². The number of nitrogens with zero attached hydrogens (tertiary/aromatic N) is 2. The zero-order valence-electron chi connectivity index (χ0n) is 19.4. The van der Waals surface area contributed by atoms with Gasteiger partial charge < -0.3 is 24.4 Å². The van der Waals surface area contributed by atoms with Crippen LogP contribution < -0.4 is 19.5 Å². The van der Waals surface area contributed by atoms with Gasteiger partial charge in [0.05, 0.1) is 27.4 Å². The molecule has 1 N–H and O–H groups in total. The summed E-state index contributed by atoms with van der Waals surface area (Å²) in [5.41, 5.74) is 0.951. The monoisotopic (exact) mass is 433 g/mol. The maximum atomic E-state index is 13.4. The van der Waals surface area contributed by atoms with E-state index in [-0.39, 0.29) is 29.9 Å². The lowest BCUT2D eigenvalue weighted by molar-refractivity contribution is -0.145. The summed E-state index contributed by atoms with van der Waals surface area (Å²) in [6.45, 7) is 7.72. The van der Waals surface area contributed by atoms with Crippen LogP contribution in [0.15, 0.2) is 12.1 Å². The molecule has 0 radical (unpaired) electrons. The molecule has 3 unspecified atom stereocenters. The number of ether oxygens (including phenoxy) is 3.